The molecular formula is C22H26ClN3O2. The van der Waals surface area contributed by atoms with Crippen LogP contribution in [0.3, 0.4) is 0 Å². The first kappa shape index (κ1) is 20.4. The molecule has 148 valence electrons. The Labute approximate surface area is 170 Å². The second-order valence-electron chi connectivity index (χ2n) is 7.26. The predicted molar refractivity (Wildman–Crippen MR) is 111 cm³/mol. The Bertz CT molecular complexity index is 812. The Morgan fingerprint density at radius 2 is 1.96 bits per heavy atom. The highest BCUT2D eigenvalue weighted by molar-refractivity contribution is 6.30. The molecule has 0 aliphatic carbocycles. The smallest absolute Gasteiger partial charge is 0.251 e. The maximum atomic E-state index is 12.7. The zero-order chi connectivity index (χ0) is 19.9. The highest BCUT2D eigenvalue weighted by Gasteiger charge is 2.29. The summed E-state index contributed by atoms with van der Waals surface area (Å²) in [4.78, 5) is 26.9. The number of halogens is 1. The first-order chi connectivity index (χ1) is 13.5. The number of carbonyl (C=O) groups excluding carboxylic acids is 2. The molecule has 0 radical (unpaired) electrons. The number of nitrogens with two attached hydrogens (primary N) is 1. The molecule has 0 bridgehead atoms. The van der Waals surface area contributed by atoms with Crippen LogP contribution in [-0.2, 0) is 11.2 Å². The molecule has 1 fully saturated rings. The summed E-state index contributed by atoms with van der Waals surface area (Å²) in [5.74, 6) is -0.0662. The molecule has 1 heterocycles. The van der Waals surface area contributed by atoms with E-state index in [0.717, 1.165) is 18.4 Å². The van der Waals surface area contributed by atoms with E-state index in [9.17, 15) is 9.59 Å². The predicted octanol–water partition coefficient (Wildman–Crippen LogP) is 3.02. The van der Waals surface area contributed by atoms with Gasteiger partial charge in [-0.1, -0.05) is 41.9 Å². The second kappa shape index (κ2) is 9.71. The van der Waals surface area contributed by atoms with Gasteiger partial charge in [-0.2, -0.15) is 0 Å². The summed E-state index contributed by atoms with van der Waals surface area (Å²) in [5, 5.41) is 3.62. The minimum atomic E-state index is -0.258. The molecule has 2 atom stereocenters. The van der Waals surface area contributed by atoms with Crippen LogP contribution in [0.25, 0.3) is 0 Å². The third kappa shape index (κ3) is 5.57. The van der Waals surface area contributed by atoms with Crippen molar-refractivity contribution in [2.45, 2.75) is 37.8 Å². The summed E-state index contributed by atoms with van der Waals surface area (Å²) >= 11 is 6.01. The van der Waals surface area contributed by atoms with Crippen molar-refractivity contribution in [2.75, 3.05) is 13.1 Å². The van der Waals surface area contributed by atoms with Crippen LogP contribution in [-0.4, -0.2) is 41.9 Å². The average molecular weight is 400 g/mol. The van der Waals surface area contributed by atoms with Gasteiger partial charge in [0.1, 0.15) is 0 Å². The van der Waals surface area contributed by atoms with Crippen molar-refractivity contribution >= 4 is 23.4 Å². The van der Waals surface area contributed by atoms with Gasteiger partial charge in [-0.3, -0.25) is 9.59 Å². The summed E-state index contributed by atoms with van der Waals surface area (Å²) < 4.78 is 0. The van der Waals surface area contributed by atoms with Crippen molar-refractivity contribution in [3.05, 3.63) is 70.7 Å². The van der Waals surface area contributed by atoms with Gasteiger partial charge in [-0.05, 0) is 49.1 Å². The number of benzene rings is 2. The lowest BCUT2D eigenvalue weighted by molar-refractivity contribution is -0.132. The Morgan fingerprint density at radius 3 is 2.71 bits per heavy atom. The first-order valence-electron chi connectivity index (χ1n) is 9.65. The van der Waals surface area contributed by atoms with Gasteiger partial charge in [0.05, 0.1) is 0 Å². The van der Waals surface area contributed by atoms with E-state index in [1.165, 1.54) is 0 Å². The van der Waals surface area contributed by atoms with Gasteiger partial charge in [0.25, 0.3) is 5.91 Å². The van der Waals surface area contributed by atoms with E-state index in [1.807, 2.05) is 47.4 Å². The maximum absolute atomic E-state index is 12.7. The molecule has 2 aromatic carbocycles. The fourth-order valence-corrected chi connectivity index (χ4v) is 3.87. The summed E-state index contributed by atoms with van der Waals surface area (Å²) in [6, 6.07) is 16.4. The number of rotatable bonds is 7. The van der Waals surface area contributed by atoms with Crippen molar-refractivity contribution in [1.82, 2.24) is 10.2 Å². The second-order valence-corrected chi connectivity index (χ2v) is 7.69. The molecule has 28 heavy (non-hydrogen) atoms. The van der Waals surface area contributed by atoms with Gasteiger partial charge >= 0.3 is 0 Å². The van der Waals surface area contributed by atoms with E-state index in [1.54, 1.807) is 12.1 Å². The van der Waals surface area contributed by atoms with Crippen LogP contribution >= 0.6 is 11.6 Å². The number of likely N-dealkylation sites (tertiary alicyclic amines) is 1. The Kier molecular flexibility index (Phi) is 7.06. The molecule has 2 aromatic rings. The van der Waals surface area contributed by atoms with Gasteiger partial charge in [0.2, 0.25) is 5.91 Å². The SMILES string of the molecule is N[C@@H](CC(=O)N1CCC[C@H]1CNC(=O)c1ccccc1)Cc1cccc(Cl)c1. The molecule has 2 amide bonds. The lowest BCUT2D eigenvalue weighted by atomic mass is 10.0. The van der Waals surface area contributed by atoms with E-state index in [-0.39, 0.29) is 30.3 Å². The third-order valence-corrected chi connectivity index (χ3v) is 5.29. The average Bonchev–Trinajstić information content (AvgIpc) is 3.15. The fraction of sp³-hybridized carbons (Fsp3) is 0.364. The number of amides is 2. The molecule has 1 saturated heterocycles. The molecule has 3 rings (SSSR count). The molecule has 1 aliphatic rings. The van der Waals surface area contributed by atoms with Crippen LogP contribution in [0.5, 0.6) is 0 Å². The molecule has 0 saturated carbocycles. The third-order valence-electron chi connectivity index (χ3n) is 5.06. The zero-order valence-corrected chi connectivity index (χ0v) is 16.6. The summed E-state index contributed by atoms with van der Waals surface area (Å²) in [5.41, 5.74) is 7.86. The lowest BCUT2D eigenvalue weighted by Gasteiger charge is -2.26. The van der Waals surface area contributed by atoms with Crippen molar-refractivity contribution in [3.8, 4) is 0 Å². The van der Waals surface area contributed by atoms with Crippen LogP contribution in [0.4, 0.5) is 0 Å². The standard InChI is InChI=1S/C22H26ClN3O2/c23-18-9-4-6-16(12-18)13-19(24)14-21(27)26-11-5-10-20(26)15-25-22(28)17-7-2-1-3-8-17/h1-4,6-9,12,19-20H,5,10-11,13-15,24H2,(H,25,28)/t19-,20+/m1/s1. The van der Waals surface area contributed by atoms with Crippen molar-refractivity contribution in [3.63, 3.8) is 0 Å². The number of nitrogens with zero attached hydrogens (tertiary/aromatic N) is 1. The molecule has 6 heteroatoms. The topological polar surface area (TPSA) is 75.4 Å². The maximum Gasteiger partial charge on any atom is 0.251 e. The Hall–Kier alpha value is -2.37. The van der Waals surface area contributed by atoms with E-state index < -0.39 is 0 Å². The highest BCUT2D eigenvalue weighted by atomic mass is 35.5. The summed E-state index contributed by atoms with van der Waals surface area (Å²) in [6.07, 6.45) is 2.73. The molecule has 0 unspecified atom stereocenters. The van der Waals surface area contributed by atoms with E-state index >= 15 is 0 Å². The number of hydrogen-bond acceptors (Lipinski definition) is 3. The molecule has 1 aliphatic heterocycles. The molecule has 5 nitrogen and oxygen atoms in total. The van der Waals surface area contributed by atoms with Crippen molar-refractivity contribution < 1.29 is 9.59 Å². The minimum absolute atomic E-state index is 0.0264. The first-order valence-corrected chi connectivity index (χ1v) is 10.0. The van der Waals surface area contributed by atoms with E-state index in [2.05, 4.69) is 5.32 Å². The van der Waals surface area contributed by atoms with Gasteiger partial charge in [-0.15, -0.1) is 0 Å². The summed E-state index contributed by atoms with van der Waals surface area (Å²) in [6.45, 7) is 1.18. The lowest BCUT2D eigenvalue weighted by Crippen LogP contribution is -2.45. The van der Waals surface area contributed by atoms with Crippen LogP contribution in [0.2, 0.25) is 5.02 Å². The largest absolute Gasteiger partial charge is 0.350 e. The van der Waals surface area contributed by atoms with Gasteiger partial charge < -0.3 is 16.0 Å². The molecule has 0 spiro atoms. The van der Waals surface area contributed by atoms with Crippen molar-refractivity contribution in [2.24, 2.45) is 5.73 Å². The molecular weight excluding hydrogens is 374 g/mol. The zero-order valence-electron chi connectivity index (χ0n) is 15.8. The van der Waals surface area contributed by atoms with Gasteiger partial charge in [0.15, 0.2) is 0 Å². The summed E-state index contributed by atoms with van der Waals surface area (Å²) in [7, 11) is 0. The monoisotopic (exact) mass is 399 g/mol. The van der Waals surface area contributed by atoms with Crippen LogP contribution in [0, 0.1) is 0 Å². The normalized spacial score (nSPS) is 17.4. The highest BCUT2D eigenvalue weighted by Crippen LogP contribution is 2.19. The van der Waals surface area contributed by atoms with Gasteiger partial charge in [0, 0.05) is 42.2 Å². The van der Waals surface area contributed by atoms with E-state index in [0.29, 0.717) is 30.1 Å². The van der Waals surface area contributed by atoms with E-state index in [4.69, 9.17) is 17.3 Å². The van der Waals surface area contributed by atoms with Gasteiger partial charge in [-0.25, -0.2) is 0 Å². The number of carbonyl (C=O) groups is 2. The van der Waals surface area contributed by atoms with Crippen LogP contribution in [0.15, 0.2) is 54.6 Å². The Balaban J connectivity index is 1.50. The molecule has 3 N–H and O–H groups in total. The fourth-order valence-electron chi connectivity index (χ4n) is 3.66. The van der Waals surface area contributed by atoms with Crippen molar-refractivity contribution in [1.29, 1.82) is 0 Å². The van der Waals surface area contributed by atoms with Crippen LogP contribution < -0.4 is 11.1 Å². The number of nitrogens with one attached hydrogen (secondary N) is 1. The Morgan fingerprint density at radius 1 is 1.18 bits per heavy atom. The quantitative estimate of drug-likeness (QED) is 0.751. The van der Waals surface area contributed by atoms with Crippen LogP contribution in [0.1, 0.15) is 35.2 Å². The number of hydrogen-bond donors (Lipinski definition) is 2. The minimum Gasteiger partial charge on any atom is -0.350 e. The molecule has 0 aromatic heterocycles.